The van der Waals surface area contributed by atoms with E-state index >= 15 is 0 Å². The molecule has 0 amide bonds. The largest absolute Gasteiger partial charge is 0.465 e. The summed E-state index contributed by atoms with van der Waals surface area (Å²) in [6.07, 6.45) is 7.91. The Hall–Kier alpha value is -2.64. The molecule has 0 saturated heterocycles. The van der Waals surface area contributed by atoms with Gasteiger partial charge in [-0.15, -0.1) is 0 Å². The summed E-state index contributed by atoms with van der Waals surface area (Å²) in [5, 5.41) is 1.17. The maximum Gasteiger partial charge on any atom is 0.337 e. The van der Waals surface area contributed by atoms with Crippen molar-refractivity contribution in [3.8, 4) is 11.3 Å². The van der Waals surface area contributed by atoms with Crippen molar-refractivity contribution in [3.63, 3.8) is 0 Å². The van der Waals surface area contributed by atoms with Crippen LogP contribution in [0.25, 0.3) is 22.2 Å². The van der Waals surface area contributed by atoms with Crippen LogP contribution in [0, 0.1) is 0 Å². The lowest BCUT2D eigenvalue weighted by molar-refractivity contribution is 0.0601. The monoisotopic (exact) mass is 481 g/mol. The number of aromatic nitrogens is 1. The molecule has 1 unspecified atom stereocenters. The van der Waals surface area contributed by atoms with Crippen molar-refractivity contribution < 1.29 is 22.1 Å². The van der Waals surface area contributed by atoms with E-state index in [1.165, 1.54) is 37.3 Å². The molecule has 0 N–H and O–H groups in total. The molecule has 0 bridgehead atoms. The SMILES string of the molecule is COC(=O)c1ccc2c(C3CCCCC3)c3n(c2c1)CCCC(OS(C)(=O)=O)c1ccccc1-3. The third-order valence-electron chi connectivity index (χ3n) is 7.24. The third-order valence-corrected chi connectivity index (χ3v) is 7.82. The zero-order chi connectivity index (χ0) is 23.9. The number of carbonyl (C=O) groups excluding carboxylic acids is 1. The minimum absolute atomic E-state index is 0.343. The van der Waals surface area contributed by atoms with Crippen LogP contribution < -0.4 is 0 Å². The van der Waals surface area contributed by atoms with Crippen LogP contribution in [0.4, 0.5) is 0 Å². The molecule has 180 valence electrons. The fraction of sp³-hybridized carbons (Fsp3) is 0.444. The van der Waals surface area contributed by atoms with Crippen molar-refractivity contribution >= 4 is 27.0 Å². The fourth-order valence-electron chi connectivity index (χ4n) is 5.84. The van der Waals surface area contributed by atoms with Crippen LogP contribution >= 0.6 is 0 Å². The number of fused-ring (bicyclic) bond motifs is 5. The molecule has 7 heteroatoms. The summed E-state index contributed by atoms with van der Waals surface area (Å²) in [7, 11) is -2.20. The molecule has 3 aromatic rings. The Labute approximate surface area is 201 Å². The molecule has 1 aromatic heterocycles. The van der Waals surface area contributed by atoms with Crippen LogP contribution in [0.2, 0.25) is 0 Å². The summed E-state index contributed by atoms with van der Waals surface area (Å²) < 4.78 is 37.0. The first-order valence-electron chi connectivity index (χ1n) is 12.1. The summed E-state index contributed by atoms with van der Waals surface area (Å²) in [5.41, 5.74) is 5.96. The van der Waals surface area contributed by atoms with Gasteiger partial charge in [0.1, 0.15) is 6.10 Å². The summed E-state index contributed by atoms with van der Waals surface area (Å²) >= 11 is 0. The predicted molar refractivity (Wildman–Crippen MR) is 132 cm³/mol. The maximum atomic E-state index is 12.3. The Bertz CT molecular complexity index is 1330. The van der Waals surface area contributed by atoms with Gasteiger partial charge in [0.25, 0.3) is 10.1 Å². The molecule has 1 aliphatic carbocycles. The van der Waals surface area contributed by atoms with Gasteiger partial charge < -0.3 is 9.30 Å². The van der Waals surface area contributed by atoms with E-state index in [-0.39, 0.29) is 5.97 Å². The highest BCUT2D eigenvalue weighted by molar-refractivity contribution is 7.86. The van der Waals surface area contributed by atoms with Crippen LogP contribution in [0.1, 0.15) is 78.5 Å². The highest BCUT2D eigenvalue weighted by Gasteiger charge is 2.31. The number of hydrogen-bond donors (Lipinski definition) is 0. The van der Waals surface area contributed by atoms with Gasteiger partial charge in [-0.2, -0.15) is 8.42 Å². The third kappa shape index (κ3) is 4.27. The highest BCUT2D eigenvalue weighted by atomic mass is 32.2. The van der Waals surface area contributed by atoms with E-state index in [9.17, 15) is 13.2 Å². The van der Waals surface area contributed by atoms with Gasteiger partial charge in [0.15, 0.2) is 0 Å². The van der Waals surface area contributed by atoms with Gasteiger partial charge in [-0.05, 0) is 54.9 Å². The number of ether oxygens (including phenoxy) is 1. The number of hydrogen-bond acceptors (Lipinski definition) is 5. The number of methoxy groups -OCH3 is 1. The first-order chi connectivity index (χ1) is 16.4. The Morgan fingerprint density at radius 1 is 1.00 bits per heavy atom. The van der Waals surface area contributed by atoms with Crippen molar-refractivity contribution in [1.82, 2.24) is 4.57 Å². The van der Waals surface area contributed by atoms with Crippen LogP contribution in [0.5, 0.6) is 0 Å². The molecule has 5 rings (SSSR count). The van der Waals surface area contributed by atoms with Crippen molar-refractivity contribution in [2.45, 2.75) is 63.5 Å². The van der Waals surface area contributed by atoms with Gasteiger partial charge in [-0.25, -0.2) is 4.79 Å². The van der Waals surface area contributed by atoms with Gasteiger partial charge in [0.2, 0.25) is 0 Å². The Kier molecular flexibility index (Phi) is 6.25. The van der Waals surface area contributed by atoms with Crippen molar-refractivity contribution in [1.29, 1.82) is 0 Å². The number of benzene rings is 2. The summed E-state index contributed by atoms with van der Waals surface area (Å²) in [5.74, 6) is 0.0859. The zero-order valence-corrected chi connectivity index (χ0v) is 20.6. The molecule has 1 aliphatic heterocycles. The van der Waals surface area contributed by atoms with E-state index in [0.717, 1.165) is 54.4 Å². The van der Waals surface area contributed by atoms with Gasteiger partial charge in [0.05, 0.1) is 24.6 Å². The van der Waals surface area contributed by atoms with Crippen LogP contribution in [0.15, 0.2) is 42.5 Å². The van der Waals surface area contributed by atoms with Crippen molar-refractivity contribution in [3.05, 3.63) is 59.2 Å². The van der Waals surface area contributed by atoms with Crippen LogP contribution in [-0.2, 0) is 25.6 Å². The van der Waals surface area contributed by atoms with Crippen molar-refractivity contribution in [2.75, 3.05) is 13.4 Å². The molecule has 0 spiro atoms. The van der Waals surface area contributed by atoms with E-state index in [1.807, 2.05) is 30.3 Å². The number of nitrogens with zero attached hydrogens (tertiary/aromatic N) is 1. The first kappa shape index (κ1) is 23.1. The molecule has 1 fully saturated rings. The average molecular weight is 482 g/mol. The zero-order valence-electron chi connectivity index (χ0n) is 19.7. The Balaban J connectivity index is 1.79. The second-order valence-corrected chi connectivity index (χ2v) is 11.1. The summed E-state index contributed by atoms with van der Waals surface area (Å²) in [4.78, 5) is 12.3. The van der Waals surface area contributed by atoms with Gasteiger partial charge >= 0.3 is 5.97 Å². The topological polar surface area (TPSA) is 74.6 Å². The molecule has 2 heterocycles. The minimum atomic E-state index is -3.60. The average Bonchev–Trinajstić information content (AvgIpc) is 3.14. The molecular weight excluding hydrogens is 450 g/mol. The Morgan fingerprint density at radius 3 is 2.50 bits per heavy atom. The maximum absolute atomic E-state index is 12.3. The normalized spacial score (nSPS) is 19.2. The van der Waals surface area contributed by atoms with Gasteiger partial charge in [0, 0.05) is 23.0 Å². The number of esters is 1. The molecule has 6 nitrogen and oxygen atoms in total. The van der Waals surface area contributed by atoms with Crippen molar-refractivity contribution in [2.24, 2.45) is 0 Å². The lowest BCUT2D eigenvalue weighted by atomic mass is 9.81. The van der Waals surface area contributed by atoms with E-state index < -0.39 is 16.2 Å². The number of carbonyl (C=O) groups is 1. The smallest absolute Gasteiger partial charge is 0.337 e. The second-order valence-electron chi connectivity index (χ2n) is 9.49. The predicted octanol–water partition coefficient (Wildman–Crippen LogP) is 5.95. The Morgan fingerprint density at radius 2 is 1.76 bits per heavy atom. The molecule has 0 radical (unpaired) electrons. The molecular formula is C27H31NO5S. The van der Waals surface area contributed by atoms with Gasteiger partial charge in [-0.3, -0.25) is 4.18 Å². The standard InChI is InChI=1S/C27H31NO5S/c1-32-27(29)19-14-15-22-23(17-19)28-16-8-13-24(33-34(2,30)31)20-11-6-7-12-21(20)26(28)25(22)18-9-4-3-5-10-18/h6-7,11-12,14-15,17-18,24H,3-5,8-10,13,16H2,1-2H3. The lowest BCUT2D eigenvalue weighted by Crippen LogP contribution is -2.16. The molecule has 34 heavy (non-hydrogen) atoms. The van der Waals surface area contributed by atoms with E-state index in [2.05, 4.69) is 16.7 Å². The summed E-state index contributed by atoms with van der Waals surface area (Å²) in [6, 6.07) is 13.9. The van der Waals surface area contributed by atoms with E-state index in [1.54, 1.807) is 0 Å². The number of aryl methyl sites for hydroxylation is 1. The van der Waals surface area contributed by atoms with Gasteiger partial charge in [-0.1, -0.05) is 49.6 Å². The van der Waals surface area contributed by atoms with Crippen LogP contribution in [0.3, 0.4) is 0 Å². The quantitative estimate of drug-likeness (QED) is 0.340. The molecule has 2 aliphatic rings. The second kappa shape index (κ2) is 9.19. The first-order valence-corrected chi connectivity index (χ1v) is 13.9. The molecule has 1 saturated carbocycles. The minimum Gasteiger partial charge on any atom is -0.465 e. The highest BCUT2D eigenvalue weighted by Crippen LogP contribution is 2.47. The number of rotatable bonds is 4. The summed E-state index contributed by atoms with van der Waals surface area (Å²) in [6.45, 7) is 0.723. The molecule has 2 aromatic carbocycles. The fourth-order valence-corrected chi connectivity index (χ4v) is 6.46. The molecule has 1 atom stereocenters. The van der Waals surface area contributed by atoms with E-state index in [0.29, 0.717) is 17.9 Å². The van der Waals surface area contributed by atoms with Crippen LogP contribution in [-0.4, -0.2) is 32.3 Å². The van der Waals surface area contributed by atoms with E-state index in [4.69, 9.17) is 8.92 Å². The lowest BCUT2D eigenvalue weighted by Gasteiger charge is -2.27.